The van der Waals surface area contributed by atoms with Crippen LogP contribution in [0.3, 0.4) is 0 Å². The fraction of sp³-hybridized carbons (Fsp3) is 0.619. The van der Waals surface area contributed by atoms with Crippen LogP contribution in [0.5, 0.6) is 0 Å². The van der Waals surface area contributed by atoms with Gasteiger partial charge in [-0.3, -0.25) is 4.79 Å². The molecule has 1 aliphatic carbocycles. The molecule has 1 aromatic carbocycles. The van der Waals surface area contributed by atoms with Crippen LogP contribution in [0, 0.1) is 5.82 Å². The second kappa shape index (κ2) is 8.72. The van der Waals surface area contributed by atoms with E-state index in [-0.39, 0.29) is 17.8 Å². The van der Waals surface area contributed by atoms with Crippen molar-refractivity contribution in [1.29, 1.82) is 0 Å². The molecule has 1 aliphatic heterocycles. The predicted molar refractivity (Wildman–Crippen MR) is 101 cm³/mol. The summed E-state index contributed by atoms with van der Waals surface area (Å²) in [7, 11) is 0. The lowest BCUT2D eigenvalue weighted by atomic mass is 9.68. The van der Waals surface area contributed by atoms with Crippen molar-refractivity contribution >= 4 is 12.0 Å². The largest absolute Gasteiger partial charge is 0.450 e. The SMILES string of the molecule is CCOC(=O)NC1CCCN(C(=O)C2(c3cccc(F)c3)CCCCC2)C1. The summed E-state index contributed by atoms with van der Waals surface area (Å²) in [4.78, 5) is 27.2. The average Bonchev–Trinajstić information content (AvgIpc) is 2.68. The van der Waals surface area contributed by atoms with E-state index in [2.05, 4.69) is 5.32 Å². The van der Waals surface area contributed by atoms with Crippen LogP contribution < -0.4 is 5.32 Å². The summed E-state index contributed by atoms with van der Waals surface area (Å²) in [5.74, 6) is -0.228. The number of hydrogen-bond donors (Lipinski definition) is 1. The van der Waals surface area contributed by atoms with E-state index in [1.165, 1.54) is 12.1 Å². The van der Waals surface area contributed by atoms with Gasteiger partial charge in [0.05, 0.1) is 12.0 Å². The summed E-state index contributed by atoms with van der Waals surface area (Å²) in [5, 5.41) is 2.85. The van der Waals surface area contributed by atoms with Crippen molar-refractivity contribution in [2.24, 2.45) is 0 Å². The van der Waals surface area contributed by atoms with E-state index in [0.29, 0.717) is 19.7 Å². The zero-order valence-corrected chi connectivity index (χ0v) is 16.0. The van der Waals surface area contributed by atoms with Crippen LogP contribution >= 0.6 is 0 Å². The summed E-state index contributed by atoms with van der Waals surface area (Å²) in [5.41, 5.74) is 0.138. The molecule has 148 valence electrons. The van der Waals surface area contributed by atoms with Crippen molar-refractivity contribution < 1.29 is 18.7 Å². The molecule has 1 saturated heterocycles. The van der Waals surface area contributed by atoms with Crippen LogP contribution in [-0.2, 0) is 14.9 Å². The first-order chi connectivity index (χ1) is 13.0. The molecule has 27 heavy (non-hydrogen) atoms. The molecule has 0 radical (unpaired) electrons. The van der Waals surface area contributed by atoms with Gasteiger partial charge < -0.3 is 15.0 Å². The molecule has 0 spiro atoms. The molecule has 1 aromatic rings. The van der Waals surface area contributed by atoms with Gasteiger partial charge in [-0.05, 0) is 50.3 Å². The molecule has 0 bridgehead atoms. The van der Waals surface area contributed by atoms with Crippen molar-refractivity contribution in [3.63, 3.8) is 0 Å². The molecule has 3 rings (SSSR count). The highest BCUT2D eigenvalue weighted by molar-refractivity contribution is 5.88. The van der Waals surface area contributed by atoms with E-state index in [0.717, 1.165) is 50.5 Å². The van der Waals surface area contributed by atoms with Gasteiger partial charge in [0.1, 0.15) is 5.82 Å². The lowest BCUT2D eigenvalue weighted by molar-refractivity contribution is -0.140. The maximum absolute atomic E-state index is 13.9. The minimum Gasteiger partial charge on any atom is -0.450 e. The third kappa shape index (κ3) is 4.42. The Bertz CT molecular complexity index is 673. The summed E-state index contributed by atoms with van der Waals surface area (Å²) >= 11 is 0. The van der Waals surface area contributed by atoms with Crippen molar-refractivity contribution in [1.82, 2.24) is 10.2 Å². The molecule has 2 aliphatic rings. The highest BCUT2D eigenvalue weighted by Gasteiger charge is 2.44. The number of amides is 2. The van der Waals surface area contributed by atoms with Crippen molar-refractivity contribution in [3.05, 3.63) is 35.6 Å². The number of hydrogen-bond acceptors (Lipinski definition) is 3. The number of rotatable bonds is 4. The van der Waals surface area contributed by atoms with E-state index in [1.54, 1.807) is 13.0 Å². The Balaban J connectivity index is 1.79. The van der Waals surface area contributed by atoms with Gasteiger partial charge in [-0.25, -0.2) is 9.18 Å². The molecular weight excluding hydrogens is 347 g/mol. The van der Waals surface area contributed by atoms with E-state index in [9.17, 15) is 14.0 Å². The topological polar surface area (TPSA) is 58.6 Å². The first-order valence-corrected chi connectivity index (χ1v) is 10.0. The van der Waals surface area contributed by atoms with Gasteiger partial charge >= 0.3 is 6.09 Å². The smallest absolute Gasteiger partial charge is 0.407 e. The first-order valence-electron chi connectivity index (χ1n) is 10.0. The Morgan fingerprint density at radius 3 is 2.74 bits per heavy atom. The van der Waals surface area contributed by atoms with Crippen molar-refractivity contribution in [3.8, 4) is 0 Å². The summed E-state index contributed by atoms with van der Waals surface area (Å²) in [6.07, 6.45) is 5.79. The van der Waals surface area contributed by atoms with Gasteiger partial charge in [0.25, 0.3) is 0 Å². The van der Waals surface area contributed by atoms with Gasteiger partial charge in [0.2, 0.25) is 5.91 Å². The third-order valence-electron chi connectivity index (χ3n) is 5.80. The predicted octanol–water partition coefficient (Wildman–Crippen LogP) is 3.76. The molecule has 1 N–H and O–H groups in total. The Morgan fingerprint density at radius 1 is 1.26 bits per heavy atom. The van der Waals surface area contributed by atoms with E-state index in [1.807, 2.05) is 11.0 Å². The number of likely N-dealkylation sites (tertiary alicyclic amines) is 1. The zero-order chi connectivity index (χ0) is 19.3. The molecule has 2 amide bonds. The number of carbonyl (C=O) groups is 2. The zero-order valence-electron chi connectivity index (χ0n) is 16.0. The molecule has 0 aromatic heterocycles. The van der Waals surface area contributed by atoms with E-state index in [4.69, 9.17) is 4.74 Å². The number of nitrogens with zero attached hydrogens (tertiary/aromatic N) is 1. The van der Waals surface area contributed by atoms with Gasteiger partial charge in [0.15, 0.2) is 0 Å². The minimum absolute atomic E-state index is 0.0724. The number of piperidine rings is 1. The van der Waals surface area contributed by atoms with Gasteiger partial charge in [0, 0.05) is 19.1 Å². The third-order valence-corrected chi connectivity index (χ3v) is 5.80. The van der Waals surface area contributed by atoms with Crippen LogP contribution in [0.4, 0.5) is 9.18 Å². The van der Waals surface area contributed by atoms with Crippen LogP contribution in [0.1, 0.15) is 57.4 Å². The van der Waals surface area contributed by atoms with Crippen LogP contribution in [0.2, 0.25) is 0 Å². The van der Waals surface area contributed by atoms with Gasteiger partial charge in [-0.2, -0.15) is 0 Å². The Hall–Kier alpha value is -2.11. The van der Waals surface area contributed by atoms with E-state index < -0.39 is 11.5 Å². The molecule has 1 atom stereocenters. The minimum atomic E-state index is -0.647. The van der Waals surface area contributed by atoms with Crippen LogP contribution in [-0.4, -0.2) is 42.6 Å². The molecule has 2 fully saturated rings. The highest BCUT2D eigenvalue weighted by Crippen LogP contribution is 2.41. The molecule has 5 nitrogen and oxygen atoms in total. The summed E-state index contributed by atoms with van der Waals surface area (Å²) in [6, 6.07) is 6.40. The standard InChI is InChI=1S/C21H29FN2O3/c1-2-27-20(26)23-18-10-7-13-24(15-18)19(25)21(11-4-3-5-12-21)16-8-6-9-17(22)14-16/h6,8-9,14,18H,2-5,7,10-13,15H2,1H3,(H,23,26). The quantitative estimate of drug-likeness (QED) is 0.870. The number of halogens is 1. The Labute approximate surface area is 160 Å². The fourth-order valence-electron chi connectivity index (χ4n) is 4.49. The number of ether oxygens (including phenoxy) is 1. The number of carbonyl (C=O) groups excluding carboxylic acids is 2. The van der Waals surface area contributed by atoms with Gasteiger partial charge in [-0.1, -0.05) is 31.4 Å². The highest BCUT2D eigenvalue weighted by atomic mass is 19.1. The number of alkyl carbamates (subject to hydrolysis) is 1. The molecule has 1 unspecified atom stereocenters. The Morgan fingerprint density at radius 2 is 2.04 bits per heavy atom. The van der Waals surface area contributed by atoms with Crippen LogP contribution in [0.25, 0.3) is 0 Å². The van der Waals surface area contributed by atoms with Crippen molar-refractivity contribution in [2.45, 2.75) is 63.3 Å². The summed E-state index contributed by atoms with van der Waals surface area (Å²) in [6.45, 7) is 3.25. The molecular formula is C21H29FN2O3. The maximum Gasteiger partial charge on any atom is 0.407 e. The summed E-state index contributed by atoms with van der Waals surface area (Å²) < 4.78 is 18.9. The molecule has 1 heterocycles. The second-order valence-electron chi connectivity index (χ2n) is 7.61. The fourth-order valence-corrected chi connectivity index (χ4v) is 4.49. The lowest BCUT2D eigenvalue weighted by Crippen LogP contribution is -2.55. The molecule has 6 heteroatoms. The van der Waals surface area contributed by atoms with Crippen molar-refractivity contribution in [2.75, 3.05) is 19.7 Å². The second-order valence-corrected chi connectivity index (χ2v) is 7.61. The van der Waals surface area contributed by atoms with Gasteiger partial charge in [-0.15, -0.1) is 0 Å². The number of nitrogens with one attached hydrogen (secondary N) is 1. The monoisotopic (exact) mass is 376 g/mol. The first kappa shape index (κ1) is 19.6. The average molecular weight is 376 g/mol. The molecule has 1 saturated carbocycles. The van der Waals surface area contributed by atoms with E-state index >= 15 is 0 Å². The normalized spacial score (nSPS) is 22.1. The maximum atomic E-state index is 13.9. The lowest BCUT2D eigenvalue weighted by Gasteiger charge is -2.43. The number of benzene rings is 1. The van der Waals surface area contributed by atoms with Crippen LogP contribution in [0.15, 0.2) is 24.3 Å². The Kier molecular flexibility index (Phi) is 6.34.